The van der Waals surface area contributed by atoms with Crippen LogP contribution < -0.4 is 4.90 Å². The van der Waals surface area contributed by atoms with E-state index in [2.05, 4.69) is 15.2 Å². The predicted molar refractivity (Wildman–Crippen MR) is 154 cm³/mol. The molecule has 4 rings (SSSR count). The van der Waals surface area contributed by atoms with Gasteiger partial charge in [-0.2, -0.15) is 0 Å². The van der Waals surface area contributed by atoms with Crippen molar-refractivity contribution in [3.63, 3.8) is 0 Å². The molecule has 0 aliphatic heterocycles. The third kappa shape index (κ3) is 6.45. The number of hydrogen-bond donors (Lipinski definition) is 1. The van der Waals surface area contributed by atoms with Gasteiger partial charge in [0.2, 0.25) is 0 Å². The lowest BCUT2D eigenvalue weighted by Gasteiger charge is -2.26. The third-order valence-corrected chi connectivity index (χ3v) is 6.22. The first-order valence-electron chi connectivity index (χ1n) is 12.4. The van der Waals surface area contributed by atoms with Crippen LogP contribution in [0.2, 0.25) is 0 Å². The minimum Gasteiger partial charge on any atom is -0.411 e. The molecule has 0 saturated carbocycles. The largest absolute Gasteiger partial charge is 0.411 e. The number of hydrogen-bond acceptors (Lipinski definition) is 7. The summed E-state index contributed by atoms with van der Waals surface area (Å²) in [5.74, 6) is -0.516. The van der Waals surface area contributed by atoms with Crippen molar-refractivity contribution in [3.05, 3.63) is 125 Å². The van der Waals surface area contributed by atoms with Crippen molar-refractivity contribution in [2.24, 2.45) is 10.3 Å². The number of carbonyl (C=O) groups is 2. The van der Waals surface area contributed by atoms with E-state index in [1.54, 1.807) is 13.8 Å². The Morgan fingerprint density at radius 2 is 1.15 bits per heavy atom. The molecule has 0 spiro atoms. The summed E-state index contributed by atoms with van der Waals surface area (Å²) >= 11 is 0. The fourth-order valence-corrected chi connectivity index (χ4v) is 4.11. The van der Waals surface area contributed by atoms with E-state index in [4.69, 9.17) is 10.0 Å². The Kier molecular flexibility index (Phi) is 8.31. The van der Waals surface area contributed by atoms with Gasteiger partial charge < -0.3 is 14.9 Å². The molecule has 0 bridgehead atoms. The first-order valence-corrected chi connectivity index (χ1v) is 12.4. The highest BCUT2D eigenvalue weighted by atomic mass is 16.7. The summed E-state index contributed by atoms with van der Waals surface area (Å²) in [5, 5.41) is 16.3. The molecule has 0 aromatic heterocycles. The molecule has 0 aliphatic carbocycles. The van der Waals surface area contributed by atoms with Gasteiger partial charge in [0, 0.05) is 35.1 Å². The van der Waals surface area contributed by atoms with E-state index in [9.17, 15) is 9.59 Å². The molecule has 7 nitrogen and oxygen atoms in total. The summed E-state index contributed by atoms with van der Waals surface area (Å²) in [6.45, 7) is 6.77. The first kappa shape index (κ1) is 27.0. The molecule has 0 aliphatic rings. The maximum absolute atomic E-state index is 13.1. The molecule has 0 fully saturated rings. The van der Waals surface area contributed by atoms with E-state index in [0.29, 0.717) is 22.6 Å². The van der Waals surface area contributed by atoms with Crippen molar-refractivity contribution in [2.75, 3.05) is 4.90 Å². The van der Waals surface area contributed by atoms with E-state index in [1.807, 2.05) is 104 Å². The molecular weight excluding hydrogens is 490 g/mol. The summed E-state index contributed by atoms with van der Waals surface area (Å²) in [4.78, 5) is 31.0. The predicted octanol–water partition coefficient (Wildman–Crippen LogP) is 7.18. The van der Waals surface area contributed by atoms with Crippen LogP contribution in [0.15, 0.2) is 107 Å². The van der Waals surface area contributed by atoms with E-state index in [0.717, 1.165) is 33.8 Å². The first-order chi connectivity index (χ1) is 18.8. The summed E-state index contributed by atoms with van der Waals surface area (Å²) in [7, 11) is 0. The Labute approximate surface area is 227 Å². The van der Waals surface area contributed by atoms with Crippen LogP contribution in [0.5, 0.6) is 0 Å². The van der Waals surface area contributed by atoms with Crippen LogP contribution >= 0.6 is 0 Å². The normalized spacial score (nSPS) is 11.7. The molecule has 4 aromatic rings. The lowest BCUT2D eigenvalue weighted by atomic mass is 10.0. The highest BCUT2D eigenvalue weighted by Crippen LogP contribution is 2.35. The Morgan fingerprint density at radius 3 is 1.62 bits per heavy atom. The van der Waals surface area contributed by atoms with Gasteiger partial charge in [0.05, 0.1) is 11.4 Å². The second-order valence-corrected chi connectivity index (χ2v) is 9.12. The van der Waals surface area contributed by atoms with Gasteiger partial charge in [0.15, 0.2) is 5.78 Å². The number of nitrogens with zero attached hydrogens (tertiary/aromatic N) is 3. The van der Waals surface area contributed by atoms with E-state index < -0.39 is 5.97 Å². The van der Waals surface area contributed by atoms with Gasteiger partial charge in [-0.05, 0) is 86.5 Å². The molecular formula is C32H29N3O4. The highest BCUT2D eigenvalue weighted by Gasteiger charge is 2.15. The maximum atomic E-state index is 13.1. The van der Waals surface area contributed by atoms with Crippen LogP contribution in [0, 0.1) is 6.92 Å². The molecule has 196 valence electrons. The van der Waals surface area contributed by atoms with Gasteiger partial charge in [0.1, 0.15) is 0 Å². The highest BCUT2D eigenvalue weighted by molar-refractivity contribution is 6.09. The monoisotopic (exact) mass is 519 g/mol. The van der Waals surface area contributed by atoms with Crippen LogP contribution in [0.4, 0.5) is 17.1 Å². The second kappa shape index (κ2) is 12.0. The maximum Gasteiger partial charge on any atom is 0.331 e. The van der Waals surface area contributed by atoms with E-state index >= 15 is 0 Å². The van der Waals surface area contributed by atoms with E-state index in [1.165, 1.54) is 6.92 Å². The number of aryl methyl sites for hydroxylation is 1. The van der Waals surface area contributed by atoms with Crippen molar-refractivity contribution in [3.8, 4) is 0 Å². The Morgan fingerprint density at radius 1 is 0.667 bits per heavy atom. The molecule has 39 heavy (non-hydrogen) atoms. The van der Waals surface area contributed by atoms with Crippen molar-refractivity contribution in [1.29, 1.82) is 0 Å². The average molecular weight is 520 g/mol. The van der Waals surface area contributed by atoms with Gasteiger partial charge in [-0.25, -0.2) is 4.79 Å². The van der Waals surface area contributed by atoms with Crippen LogP contribution in [0.25, 0.3) is 0 Å². The van der Waals surface area contributed by atoms with Crippen LogP contribution in [-0.2, 0) is 9.63 Å². The van der Waals surface area contributed by atoms with Gasteiger partial charge in [-0.15, -0.1) is 0 Å². The quantitative estimate of drug-likeness (QED) is 0.0875. The topological polar surface area (TPSA) is 91.6 Å². The molecule has 0 unspecified atom stereocenters. The summed E-state index contributed by atoms with van der Waals surface area (Å²) < 4.78 is 0. The zero-order valence-electron chi connectivity index (χ0n) is 22.3. The van der Waals surface area contributed by atoms with Crippen LogP contribution in [0.1, 0.15) is 53.4 Å². The SMILES string of the molecule is CC(=O)ON=C(C)c1ccc(N(c2ccc(C(=O)c3cccc(C)c3)cc2)c2ccc(C(C)=NO)cc2)cc1. The third-order valence-electron chi connectivity index (χ3n) is 6.22. The number of rotatable bonds is 8. The summed E-state index contributed by atoms with van der Waals surface area (Å²) in [6.07, 6.45) is 0. The summed E-state index contributed by atoms with van der Waals surface area (Å²) in [6, 6.07) is 30.4. The summed E-state index contributed by atoms with van der Waals surface area (Å²) in [5.41, 5.74) is 7.58. The fourth-order valence-electron chi connectivity index (χ4n) is 4.11. The van der Waals surface area contributed by atoms with Gasteiger partial charge >= 0.3 is 5.97 Å². The van der Waals surface area contributed by atoms with Crippen LogP contribution in [0.3, 0.4) is 0 Å². The molecule has 4 aromatic carbocycles. The van der Waals surface area contributed by atoms with Crippen molar-refractivity contribution in [1.82, 2.24) is 0 Å². The lowest BCUT2D eigenvalue weighted by molar-refractivity contribution is -0.140. The Bertz CT molecular complexity index is 1540. The smallest absolute Gasteiger partial charge is 0.331 e. The Balaban J connectivity index is 1.71. The zero-order valence-corrected chi connectivity index (χ0v) is 22.3. The van der Waals surface area contributed by atoms with Crippen molar-refractivity contribution in [2.45, 2.75) is 27.7 Å². The number of anilines is 3. The standard InChI is InChI=1S/C32H29N3O4/c1-21-6-5-7-28(20-21)32(37)27-12-18-31(19-13-27)35(29-14-8-25(9-15-29)22(2)33-38)30-16-10-26(11-17-30)23(3)34-39-24(4)36/h5-20,38H,1-4H3. The van der Waals surface area contributed by atoms with Crippen molar-refractivity contribution < 1.29 is 19.6 Å². The fraction of sp³-hybridized carbons (Fsp3) is 0.125. The minimum absolute atomic E-state index is 0.0354. The molecule has 7 heteroatoms. The number of benzene rings is 4. The zero-order chi connectivity index (χ0) is 27.9. The molecule has 1 N–H and O–H groups in total. The van der Waals surface area contributed by atoms with E-state index in [-0.39, 0.29) is 5.78 Å². The van der Waals surface area contributed by atoms with Gasteiger partial charge in [-0.3, -0.25) is 4.79 Å². The average Bonchev–Trinajstić information content (AvgIpc) is 2.96. The molecule has 0 radical (unpaired) electrons. The second-order valence-electron chi connectivity index (χ2n) is 9.12. The molecule has 0 saturated heterocycles. The van der Waals surface area contributed by atoms with Gasteiger partial charge in [-0.1, -0.05) is 58.3 Å². The minimum atomic E-state index is -0.480. The molecule has 0 heterocycles. The lowest BCUT2D eigenvalue weighted by Crippen LogP contribution is -2.11. The molecule has 0 amide bonds. The number of carbonyl (C=O) groups excluding carboxylic acids is 2. The Hall–Kier alpha value is -5.04. The van der Waals surface area contributed by atoms with Crippen LogP contribution in [-0.4, -0.2) is 28.4 Å². The number of oxime groups is 2. The van der Waals surface area contributed by atoms with Gasteiger partial charge in [0.25, 0.3) is 0 Å². The number of ketones is 1. The van der Waals surface area contributed by atoms with Crippen molar-refractivity contribution >= 4 is 40.2 Å². The molecule has 0 atom stereocenters.